The highest BCUT2D eigenvalue weighted by molar-refractivity contribution is 7.99. The molecule has 2 aromatic rings. The molecule has 0 unspecified atom stereocenters. The molecule has 0 aromatic heterocycles. The second kappa shape index (κ2) is 9.89. The molecule has 2 saturated heterocycles. The highest BCUT2D eigenvalue weighted by Gasteiger charge is 2.21. The highest BCUT2D eigenvalue weighted by Crippen LogP contribution is 2.17. The molecule has 0 bridgehead atoms. The van der Waals surface area contributed by atoms with Gasteiger partial charge < -0.3 is 20.0 Å². The van der Waals surface area contributed by atoms with E-state index in [2.05, 4.69) is 22.3 Å². The smallest absolute Gasteiger partial charge is 0.321 e. The first-order valence-corrected chi connectivity index (χ1v) is 11.6. The molecule has 2 aliphatic rings. The van der Waals surface area contributed by atoms with Gasteiger partial charge in [0, 0.05) is 62.1 Å². The normalized spacial score (nSPS) is 17.0. The molecule has 2 heterocycles. The van der Waals surface area contributed by atoms with Crippen LogP contribution < -0.4 is 10.2 Å². The first-order valence-electron chi connectivity index (χ1n) is 10.5. The summed E-state index contributed by atoms with van der Waals surface area (Å²) in [5.74, 6) is 2.23. The van der Waals surface area contributed by atoms with Crippen LogP contribution in [0, 0.1) is 0 Å². The van der Waals surface area contributed by atoms with Crippen LogP contribution in [0.25, 0.3) is 0 Å². The number of hydrogen-bond donors (Lipinski definition) is 1. The van der Waals surface area contributed by atoms with Crippen LogP contribution in [0.1, 0.15) is 5.56 Å². The fourth-order valence-electron chi connectivity index (χ4n) is 3.81. The number of carbonyl (C=O) groups excluding carboxylic acids is 2. The van der Waals surface area contributed by atoms with E-state index in [1.165, 1.54) is 5.69 Å². The zero-order valence-corrected chi connectivity index (χ0v) is 17.9. The van der Waals surface area contributed by atoms with Crippen LogP contribution in [0.15, 0.2) is 54.6 Å². The maximum absolute atomic E-state index is 12.6. The molecular formula is C23H28N4O2S. The average molecular weight is 425 g/mol. The van der Waals surface area contributed by atoms with Crippen molar-refractivity contribution in [1.82, 2.24) is 9.80 Å². The SMILES string of the molecule is O=C(Cc1ccc(NC(=O)N2CCN(c3ccccc3)CC2)cc1)N1CCSCC1. The average Bonchev–Trinajstić information content (AvgIpc) is 2.81. The summed E-state index contributed by atoms with van der Waals surface area (Å²) < 4.78 is 0. The second-order valence-corrected chi connectivity index (χ2v) is 8.83. The van der Waals surface area contributed by atoms with E-state index in [1.807, 2.05) is 64.0 Å². The molecule has 0 radical (unpaired) electrons. The number of rotatable bonds is 4. The Balaban J connectivity index is 1.25. The minimum atomic E-state index is -0.0719. The van der Waals surface area contributed by atoms with E-state index >= 15 is 0 Å². The van der Waals surface area contributed by atoms with Crippen molar-refractivity contribution in [3.8, 4) is 0 Å². The van der Waals surface area contributed by atoms with Gasteiger partial charge >= 0.3 is 6.03 Å². The number of carbonyl (C=O) groups is 2. The Hall–Kier alpha value is -2.67. The summed E-state index contributed by atoms with van der Waals surface area (Å²) in [6.07, 6.45) is 0.417. The highest BCUT2D eigenvalue weighted by atomic mass is 32.2. The molecule has 6 nitrogen and oxygen atoms in total. The fraction of sp³-hybridized carbons (Fsp3) is 0.391. The van der Waals surface area contributed by atoms with Gasteiger partial charge in [-0.15, -0.1) is 0 Å². The minimum absolute atomic E-state index is 0.0719. The molecule has 3 amide bonds. The topological polar surface area (TPSA) is 55.9 Å². The lowest BCUT2D eigenvalue weighted by atomic mass is 10.1. The molecule has 0 saturated carbocycles. The van der Waals surface area contributed by atoms with E-state index in [-0.39, 0.29) is 11.9 Å². The third kappa shape index (κ3) is 5.27. The van der Waals surface area contributed by atoms with Crippen molar-refractivity contribution in [2.24, 2.45) is 0 Å². The molecular weight excluding hydrogens is 396 g/mol. The summed E-state index contributed by atoms with van der Waals surface area (Å²) in [6.45, 7) is 4.73. The second-order valence-electron chi connectivity index (χ2n) is 7.61. The van der Waals surface area contributed by atoms with Crippen LogP contribution in [-0.4, -0.2) is 72.5 Å². The summed E-state index contributed by atoms with van der Waals surface area (Å²) in [6, 6.07) is 17.9. The number of nitrogens with one attached hydrogen (secondary N) is 1. The van der Waals surface area contributed by atoms with Crippen LogP contribution in [-0.2, 0) is 11.2 Å². The van der Waals surface area contributed by atoms with Crippen LogP contribution in [0.2, 0.25) is 0 Å². The van der Waals surface area contributed by atoms with Gasteiger partial charge in [-0.1, -0.05) is 30.3 Å². The number of para-hydroxylation sites is 1. The third-order valence-corrected chi connectivity index (χ3v) is 6.56. The largest absolute Gasteiger partial charge is 0.368 e. The lowest BCUT2D eigenvalue weighted by Gasteiger charge is -2.36. The van der Waals surface area contributed by atoms with Gasteiger partial charge in [0.1, 0.15) is 0 Å². The van der Waals surface area contributed by atoms with Crippen molar-refractivity contribution in [1.29, 1.82) is 0 Å². The Bertz CT molecular complexity index is 845. The number of amides is 3. The number of nitrogens with zero attached hydrogens (tertiary/aromatic N) is 3. The van der Waals surface area contributed by atoms with Gasteiger partial charge in [0.05, 0.1) is 6.42 Å². The lowest BCUT2D eigenvalue weighted by Crippen LogP contribution is -2.50. The molecule has 30 heavy (non-hydrogen) atoms. The molecule has 0 spiro atoms. The fourth-order valence-corrected chi connectivity index (χ4v) is 4.72. The Labute approximate surface area is 182 Å². The molecule has 2 fully saturated rings. The van der Waals surface area contributed by atoms with Crippen LogP contribution in [0.4, 0.5) is 16.2 Å². The van der Waals surface area contributed by atoms with Gasteiger partial charge in [0.25, 0.3) is 0 Å². The van der Waals surface area contributed by atoms with Gasteiger partial charge in [0.2, 0.25) is 5.91 Å². The van der Waals surface area contributed by atoms with E-state index in [4.69, 9.17) is 0 Å². The summed E-state index contributed by atoms with van der Waals surface area (Å²) in [7, 11) is 0. The van der Waals surface area contributed by atoms with E-state index in [9.17, 15) is 9.59 Å². The van der Waals surface area contributed by atoms with E-state index < -0.39 is 0 Å². The predicted octanol–water partition coefficient (Wildman–Crippen LogP) is 3.16. The van der Waals surface area contributed by atoms with E-state index in [1.54, 1.807) is 0 Å². The summed E-state index contributed by atoms with van der Waals surface area (Å²) in [5, 5.41) is 2.98. The number of urea groups is 1. The third-order valence-electron chi connectivity index (χ3n) is 5.61. The molecule has 0 atom stereocenters. The van der Waals surface area contributed by atoms with Gasteiger partial charge in [0.15, 0.2) is 0 Å². The summed E-state index contributed by atoms with van der Waals surface area (Å²) in [5.41, 5.74) is 2.94. The first kappa shape index (κ1) is 20.6. The maximum atomic E-state index is 12.6. The Morgan fingerprint density at radius 1 is 0.800 bits per heavy atom. The number of hydrogen-bond acceptors (Lipinski definition) is 4. The van der Waals surface area contributed by atoms with Crippen molar-refractivity contribution in [2.45, 2.75) is 6.42 Å². The zero-order valence-electron chi connectivity index (χ0n) is 17.1. The summed E-state index contributed by atoms with van der Waals surface area (Å²) in [4.78, 5) is 31.1. The number of anilines is 2. The standard InChI is InChI=1S/C23H28N4O2S/c28-22(26-14-16-30-17-15-26)18-19-6-8-20(9-7-19)24-23(29)27-12-10-25(11-13-27)21-4-2-1-3-5-21/h1-9H,10-18H2,(H,24,29). The Kier molecular flexibility index (Phi) is 6.79. The van der Waals surface area contributed by atoms with Crippen molar-refractivity contribution < 1.29 is 9.59 Å². The van der Waals surface area contributed by atoms with E-state index in [0.717, 1.165) is 48.9 Å². The molecule has 2 aliphatic heterocycles. The molecule has 4 rings (SSSR count). The van der Waals surface area contributed by atoms with Crippen molar-refractivity contribution in [2.75, 3.05) is 61.0 Å². The minimum Gasteiger partial charge on any atom is -0.368 e. The van der Waals surface area contributed by atoms with Crippen LogP contribution in [0.3, 0.4) is 0 Å². The van der Waals surface area contributed by atoms with Gasteiger partial charge in [-0.3, -0.25) is 4.79 Å². The van der Waals surface area contributed by atoms with Gasteiger partial charge in [-0.05, 0) is 29.8 Å². The first-order chi connectivity index (χ1) is 14.7. The van der Waals surface area contributed by atoms with Crippen LogP contribution in [0.5, 0.6) is 0 Å². The summed E-state index contributed by atoms with van der Waals surface area (Å²) >= 11 is 1.90. The van der Waals surface area contributed by atoms with Crippen molar-refractivity contribution in [3.63, 3.8) is 0 Å². The number of benzene rings is 2. The predicted molar refractivity (Wildman–Crippen MR) is 123 cm³/mol. The van der Waals surface area contributed by atoms with Crippen LogP contribution >= 0.6 is 11.8 Å². The van der Waals surface area contributed by atoms with Gasteiger partial charge in [-0.25, -0.2) is 4.79 Å². The Morgan fingerprint density at radius 2 is 1.47 bits per heavy atom. The zero-order chi connectivity index (χ0) is 20.8. The Morgan fingerprint density at radius 3 is 2.13 bits per heavy atom. The quantitative estimate of drug-likeness (QED) is 0.819. The molecule has 158 valence electrons. The van der Waals surface area contributed by atoms with Crippen molar-refractivity contribution >= 4 is 35.1 Å². The van der Waals surface area contributed by atoms with Gasteiger partial charge in [-0.2, -0.15) is 11.8 Å². The molecule has 1 N–H and O–H groups in total. The van der Waals surface area contributed by atoms with E-state index in [0.29, 0.717) is 19.5 Å². The molecule has 7 heteroatoms. The maximum Gasteiger partial charge on any atom is 0.321 e. The molecule has 0 aliphatic carbocycles. The monoisotopic (exact) mass is 424 g/mol. The van der Waals surface area contributed by atoms with Crippen molar-refractivity contribution in [3.05, 3.63) is 60.2 Å². The number of thioether (sulfide) groups is 1. The number of piperazine rings is 1. The molecule has 2 aromatic carbocycles. The lowest BCUT2D eigenvalue weighted by molar-refractivity contribution is -0.130.